The molecule has 0 atom stereocenters. The highest BCUT2D eigenvalue weighted by Crippen LogP contribution is 2.23. The predicted octanol–water partition coefficient (Wildman–Crippen LogP) is 6.25. The van der Waals surface area contributed by atoms with Crippen molar-refractivity contribution in [1.82, 2.24) is 5.32 Å². The maximum absolute atomic E-state index is 12.2. The normalized spacial score (nSPS) is 13.9. The number of ketones is 2. The molecule has 0 aliphatic heterocycles. The van der Waals surface area contributed by atoms with E-state index in [0.29, 0.717) is 26.0 Å². The number of allylic oxidation sites excluding steroid dienone is 2. The van der Waals surface area contributed by atoms with E-state index in [1.165, 1.54) is 51.4 Å². The number of Topliss-reactive ketones (excluding diaryl/α,β-unsaturated/α-hetero) is 1. The standard InChI is InChI=1S/C27H45NO5/c1-3-5-7-8-9-10-11-12-13-14-15-17-22-26(31)23(21-24(29)27(22)32)28-19-16-18-25(30)33-20-6-4-2/h21,28,31H,3-20H2,1-2H3. The molecule has 0 amide bonds. The van der Waals surface area contributed by atoms with Crippen molar-refractivity contribution in [2.75, 3.05) is 13.2 Å². The molecule has 0 bridgehead atoms. The van der Waals surface area contributed by atoms with Crippen molar-refractivity contribution in [2.24, 2.45) is 0 Å². The number of aliphatic hydroxyl groups excluding tert-OH is 1. The Bertz CT molecular complexity index is 665. The van der Waals surface area contributed by atoms with E-state index in [1.807, 2.05) is 6.92 Å². The van der Waals surface area contributed by atoms with Crippen LogP contribution in [0, 0.1) is 0 Å². The number of unbranched alkanes of at least 4 members (excludes halogenated alkanes) is 11. The minimum Gasteiger partial charge on any atom is -0.505 e. The molecule has 33 heavy (non-hydrogen) atoms. The fourth-order valence-electron chi connectivity index (χ4n) is 3.87. The molecule has 0 aromatic heterocycles. The quantitative estimate of drug-likeness (QED) is 0.0959. The minimum atomic E-state index is -0.607. The molecule has 6 heteroatoms. The zero-order chi connectivity index (χ0) is 24.3. The molecule has 0 fully saturated rings. The first-order valence-corrected chi connectivity index (χ1v) is 13.1. The summed E-state index contributed by atoms with van der Waals surface area (Å²) in [6, 6.07) is 0. The summed E-state index contributed by atoms with van der Waals surface area (Å²) in [4.78, 5) is 35.9. The first kappa shape index (κ1) is 28.9. The van der Waals surface area contributed by atoms with Gasteiger partial charge in [-0.05, 0) is 25.7 Å². The molecule has 0 unspecified atom stereocenters. The van der Waals surface area contributed by atoms with Crippen molar-refractivity contribution in [1.29, 1.82) is 0 Å². The predicted molar refractivity (Wildman–Crippen MR) is 132 cm³/mol. The zero-order valence-corrected chi connectivity index (χ0v) is 20.9. The van der Waals surface area contributed by atoms with E-state index in [-0.39, 0.29) is 29.4 Å². The largest absolute Gasteiger partial charge is 0.505 e. The molecule has 6 nitrogen and oxygen atoms in total. The van der Waals surface area contributed by atoms with Crippen LogP contribution < -0.4 is 5.32 Å². The minimum absolute atomic E-state index is 0.128. The molecule has 2 N–H and O–H groups in total. The molecule has 0 saturated carbocycles. The van der Waals surface area contributed by atoms with Gasteiger partial charge in [-0.2, -0.15) is 0 Å². The van der Waals surface area contributed by atoms with Gasteiger partial charge in [0.25, 0.3) is 0 Å². The topological polar surface area (TPSA) is 92.7 Å². The van der Waals surface area contributed by atoms with Gasteiger partial charge in [-0.3, -0.25) is 14.4 Å². The fourth-order valence-corrected chi connectivity index (χ4v) is 3.87. The van der Waals surface area contributed by atoms with Crippen molar-refractivity contribution >= 4 is 17.5 Å². The van der Waals surface area contributed by atoms with Gasteiger partial charge in [0.2, 0.25) is 11.6 Å². The van der Waals surface area contributed by atoms with Gasteiger partial charge >= 0.3 is 5.97 Å². The van der Waals surface area contributed by atoms with Crippen LogP contribution in [0.1, 0.15) is 117 Å². The van der Waals surface area contributed by atoms with Crippen molar-refractivity contribution in [3.8, 4) is 0 Å². The monoisotopic (exact) mass is 463 g/mol. The lowest BCUT2D eigenvalue weighted by Gasteiger charge is -2.17. The number of esters is 1. The van der Waals surface area contributed by atoms with Crippen LogP contribution in [0.4, 0.5) is 0 Å². The summed E-state index contributed by atoms with van der Waals surface area (Å²) in [6.45, 7) is 5.12. The van der Waals surface area contributed by atoms with Crippen LogP contribution in [0.15, 0.2) is 23.1 Å². The Morgan fingerprint density at radius 2 is 1.42 bits per heavy atom. The summed E-state index contributed by atoms with van der Waals surface area (Å²) < 4.78 is 5.11. The SMILES string of the molecule is CCCCCCCCCCCCCC1=C(O)C(NCCCC(=O)OCCCC)=CC(=O)C1=O. The summed E-state index contributed by atoms with van der Waals surface area (Å²) in [5.41, 5.74) is 0.483. The third-order valence-corrected chi connectivity index (χ3v) is 5.98. The maximum Gasteiger partial charge on any atom is 0.305 e. The number of aliphatic hydroxyl groups is 1. The number of ether oxygens (including phenoxy) is 1. The van der Waals surface area contributed by atoms with E-state index >= 15 is 0 Å². The highest BCUT2D eigenvalue weighted by atomic mass is 16.5. The van der Waals surface area contributed by atoms with Crippen LogP contribution >= 0.6 is 0 Å². The van der Waals surface area contributed by atoms with E-state index in [1.54, 1.807) is 0 Å². The molecule has 1 aliphatic rings. The molecular weight excluding hydrogens is 418 g/mol. The molecule has 0 saturated heterocycles. The Kier molecular flexibility index (Phi) is 16.1. The molecule has 0 aromatic carbocycles. The lowest BCUT2D eigenvalue weighted by Crippen LogP contribution is -2.28. The second-order valence-electron chi connectivity index (χ2n) is 8.97. The van der Waals surface area contributed by atoms with Gasteiger partial charge in [-0.1, -0.05) is 84.5 Å². The van der Waals surface area contributed by atoms with Gasteiger partial charge in [0.1, 0.15) is 5.76 Å². The van der Waals surface area contributed by atoms with Crippen LogP contribution in [-0.4, -0.2) is 35.8 Å². The average Bonchev–Trinajstić information content (AvgIpc) is 2.80. The zero-order valence-electron chi connectivity index (χ0n) is 20.9. The van der Waals surface area contributed by atoms with Crippen molar-refractivity contribution in [3.05, 3.63) is 23.1 Å². The van der Waals surface area contributed by atoms with Gasteiger partial charge in [0.05, 0.1) is 12.3 Å². The van der Waals surface area contributed by atoms with Crippen LogP contribution in [0.3, 0.4) is 0 Å². The smallest absolute Gasteiger partial charge is 0.305 e. The van der Waals surface area contributed by atoms with Gasteiger partial charge in [0, 0.05) is 24.6 Å². The van der Waals surface area contributed by atoms with Crippen molar-refractivity contribution < 1.29 is 24.2 Å². The molecule has 0 spiro atoms. The molecule has 1 aliphatic carbocycles. The van der Waals surface area contributed by atoms with E-state index in [4.69, 9.17) is 4.74 Å². The second-order valence-corrected chi connectivity index (χ2v) is 8.97. The number of hydrogen-bond donors (Lipinski definition) is 2. The lowest BCUT2D eigenvalue weighted by molar-refractivity contribution is -0.143. The van der Waals surface area contributed by atoms with Crippen molar-refractivity contribution in [2.45, 2.75) is 117 Å². The Balaban J connectivity index is 2.29. The Hall–Kier alpha value is -2.11. The van der Waals surface area contributed by atoms with Crippen LogP contribution in [0.2, 0.25) is 0 Å². The van der Waals surface area contributed by atoms with Gasteiger partial charge in [-0.15, -0.1) is 0 Å². The molecule has 0 aromatic rings. The van der Waals surface area contributed by atoms with Gasteiger partial charge < -0.3 is 15.2 Å². The fraction of sp³-hybridized carbons (Fsp3) is 0.741. The molecular formula is C27H45NO5. The highest BCUT2D eigenvalue weighted by molar-refractivity contribution is 6.48. The molecule has 0 radical (unpaired) electrons. The summed E-state index contributed by atoms with van der Waals surface area (Å²) in [5, 5.41) is 13.5. The van der Waals surface area contributed by atoms with E-state index < -0.39 is 11.6 Å². The lowest BCUT2D eigenvalue weighted by atomic mass is 9.93. The maximum atomic E-state index is 12.2. The van der Waals surface area contributed by atoms with Gasteiger partial charge in [0.15, 0.2) is 0 Å². The number of nitrogens with one attached hydrogen (secondary N) is 1. The summed E-state index contributed by atoms with van der Waals surface area (Å²) in [5.74, 6) is -1.58. The van der Waals surface area contributed by atoms with E-state index in [9.17, 15) is 19.5 Å². The summed E-state index contributed by atoms with van der Waals surface area (Å²) in [6.07, 6.45) is 17.4. The van der Waals surface area contributed by atoms with E-state index in [0.717, 1.165) is 38.2 Å². The number of hydrogen-bond acceptors (Lipinski definition) is 6. The number of carbonyl (C=O) groups excluding carboxylic acids is 3. The first-order chi connectivity index (χ1) is 16.0. The van der Waals surface area contributed by atoms with Crippen LogP contribution in [-0.2, 0) is 19.1 Å². The number of rotatable bonds is 20. The van der Waals surface area contributed by atoms with Crippen molar-refractivity contribution in [3.63, 3.8) is 0 Å². The first-order valence-electron chi connectivity index (χ1n) is 13.1. The summed E-state index contributed by atoms with van der Waals surface area (Å²) in [7, 11) is 0. The third-order valence-electron chi connectivity index (χ3n) is 5.98. The Morgan fingerprint density at radius 3 is 2.03 bits per heavy atom. The van der Waals surface area contributed by atoms with E-state index in [2.05, 4.69) is 12.2 Å². The summed E-state index contributed by atoms with van der Waals surface area (Å²) >= 11 is 0. The second kappa shape index (κ2) is 18.3. The highest BCUT2D eigenvalue weighted by Gasteiger charge is 2.28. The van der Waals surface area contributed by atoms with Crippen LogP contribution in [0.5, 0.6) is 0 Å². The Morgan fingerprint density at radius 1 is 0.848 bits per heavy atom. The Labute approximate surface area is 200 Å². The van der Waals surface area contributed by atoms with Crippen LogP contribution in [0.25, 0.3) is 0 Å². The van der Waals surface area contributed by atoms with Gasteiger partial charge in [-0.25, -0.2) is 0 Å². The number of carbonyl (C=O) groups is 3. The average molecular weight is 464 g/mol. The molecule has 188 valence electrons. The molecule has 0 heterocycles. The molecule has 1 rings (SSSR count). The third kappa shape index (κ3) is 12.6.